The van der Waals surface area contributed by atoms with Crippen LogP contribution in [0.1, 0.15) is 27.0 Å². The summed E-state index contributed by atoms with van der Waals surface area (Å²) in [5.41, 5.74) is 17.1. The van der Waals surface area contributed by atoms with Crippen LogP contribution in [-0.2, 0) is 0 Å². The van der Waals surface area contributed by atoms with Crippen LogP contribution in [0.5, 0.6) is 0 Å². The van der Waals surface area contributed by atoms with Gasteiger partial charge in [0.05, 0.1) is 22.1 Å². The Hall–Kier alpha value is -7.17. The van der Waals surface area contributed by atoms with Crippen LogP contribution in [0, 0.1) is 0 Å². The highest BCUT2D eigenvalue weighted by Crippen LogP contribution is 2.40. The van der Waals surface area contributed by atoms with Gasteiger partial charge in [0.15, 0.2) is 5.78 Å². The molecule has 4 heterocycles. The number of hydrogen-bond donors (Lipinski definition) is 0. The molecule has 0 atom stereocenters. The Bertz CT molecular complexity index is 3310. The zero-order valence-corrected chi connectivity index (χ0v) is 29.8. The molecule has 3 nitrogen and oxygen atoms in total. The van der Waals surface area contributed by atoms with Crippen molar-refractivity contribution in [1.29, 1.82) is 0 Å². The van der Waals surface area contributed by atoms with Crippen molar-refractivity contribution in [3.8, 4) is 22.5 Å². The molecule has 12 rings (SSSR count). The van der Waals surface area contributed by atoms with E-state index in [2.05, 4.69) is 180 Å². The van der Waals surface area contributed by atoms with Crippen molar-refractivity contribution >= 4 is 78.1 Å². The largest absolute Gasteiger partial charge is 0.309 e. The number of nitrogens with zero attached hydrogens (tertiary/aromatic N) is 2. The Morgan fingerprint density at radius 2 is 0.982 bits per heavy atom. The number of benzene rings is 8. The van der Waals surface area contributed by atoms with E-state index in [4.69, 9.17) is 0 Å². The maximum Gasteiger partial charge on any atom is 0.244 e. The van der Waals surface area contributed by atoms with Crippen LogP contribution in [0.25, 0.3) is 71.7 Å². The molecule has 0 N–H and O–H groups in total. The van der Waals surface area contributed by atoms with Crippen LogP contribution in [0.4, 0.5) is 0 Å². The third-order valence-corrected chi connectivity index (χ3v) is 12.1. The molecule has 2 aliphatic heterocycles. The Labute approximate surface area is 318 Å². The summed E-state index contributed by atoms with van der Waals surface area (Å²) in [6.45, 7) is 4.45. The quantitative estimate of drug-likeness (QED) is 0.169. The summed E-state index contributed by atoms with van der Waals surface area (Å²) in [4.78, 5) is 14.4. The topological polar surface area (TPSA) is 26.9 Å². The third kappa shape index (κ3) is 4.14. The number of carbonyl (C=O) groups excluding carboxylic acids is 1. The second-order valence-corrected chi connectivity index (χ2v) is 14.9. The van der Waals surface area contributed by atoms with E-state index in [0.717, 1.165) is 72.3 Å². The van der Waals surface area contributed by atoms with Gasteiger partial charge in [-0.15, -0.1) is 0 Å². The Kier molecular flexibility index (Phi) is 6.16. The molecule has 254 valence electrons. The van der Waals surface area contributed by atoms with Gasteiger partial charge >= 0.3 is 0 Å². The van der Waals surface area contributed by atoms with E-state index in [0.29, 0.717) is 0 Å². The van der Waals surface area contributed by atoms with Crippen LogP contribution in [0.2, 0.25) is 0 Å². The van der Waals surface area contributed by atoms with Crippen LogP contribution < -0.4 is 16.4 Å². The minimum atomic E-state index is -0.0121. The van der Waals surface area contributed by atoms with Crippen molar-refractivity contribution in [1.82, 2.24) is 9.13 Å². The highest BCUT2D eigenvalue weighted by molar-refractivity contribution is 6.99. The summed E-state index contributed by atoms with van der Waals surface area (Å²) in [5.74, 6) is 0.0773. The van der Waals surface area contributed by atoms with Crippen molar-refractivity contribution in [2.75, 3.05) is 0 Å². The number of aromatic nitrogens is 2. The first-order valence-electron chi connectivity index (χ1n) is 18.9. The molecule has 0 bridgehead atoms. The predicted octanol–water partition coefficient (Wildman–Crippen LogP) is 9.98. The van der Waals surface area contributed by atoms with E-state index in [1.54, 1.807) is 0 Å². The van der Waals surface area contributed by atoms with Crippen molar-refractivity contribution in [2.45, 2.75) is 0 Å². The lowest BCUT2D eigenvalue weighted by molar-refractivity contribution is 0.104. The minimum Gasteiger partial charge on any atom is -0.309 e. The average Bonchev–Trinajstić information content (AvgIpc) is 3.74. The van der Waals surface area contributed by atoms with E-state index < -0.39 is 0 Å². The fraction of sp³-hybridized carbons (Fsp3) is 0. The molecular formula is C51H31BN2O. The molecule has 10 aromatic rings. The molecule has 0 unspecified atom stereocenters. The lowest BCUT2D eigenvalue weighted by Gasteiger charge is -2.34. The van der Waals surface area contributed by atoms with Gasteiger partial charge in [0.2, 0.25) is 6.71 Å². The zero-order valence-electron chi connectivity index (χ0n) is 29.8. The van der Waals surface area contributed by atoms with Gasteiger partial charge in [-0.2, -0.15) is 0 Å². The lowest BCUT2D eigenvalue weighted by atomic mass is 9.30. The fourth-order valence-corrected chi connectivity index (χ4v) is 9.70. The normalized spacial score (nSPS) is 13.1. The number of fused-ring (bicyclic) bond motifs is 10. The Morgan fingerprint density at radius 3 is 1.76 bits per heavy atom. The number of rotatable bonds is 3. The highest BCUT2D eigenvalue weighted by atomic mass is 16.1. The zero-order chi connectivity index (χ0) is 36.4. The van der Waals surface area contributed by atoms with E-state index in [1.807, 2.05) is 12.1 Å². The molecule has 2 aliphatic rings. The Balaban J connectivity index is 1.05. The first-order chi connectivity index (χ1) is 27.1. The number of carbonyl (C=O) groups is 1. The molecule has 0 spiro atoms. The standard InChI is InChI=1S/C51H31BN2O/c1-31-36-17-5-8-22-44(36)52-45-26-25-33(28-43(45)51(55)40-21-12-20-37(31)50(40)52)32-13-11-16-35(27-32)54-47-24-10-7-19-39(47)42-29-41-38-18-6-9-23-46(38)53(48(41)30-49(42)54)34-14-3-2-4-15-34/h2-30H,1H2. The average molecular weight is 699 g/mol. The fourth-order valence-electron chi connectivity index (χ4n) is 9.70. The smallest absolute Gasteiger partial charge is 0.244 e. The van der Waals surface area contributed by atoms with Crippen LogP contribution in [0.15, 0.2) is 183 Å². The number of ketones is 1. The monoisotopic (exact) mass is 698 g/mol. The van der Waals surface area contributed by atoms with Gasteiger partial charge in [-0.25, -0.2) is 0 Å². The summed E-state index contributed by atoms with van der Waals surface area (Å²) in [6, 6.07) is 62.7. The molecule has 0 radical (unpaired) electrons. The first kappa shape index (κ1) is 30.3. The molecule has 55 heavy (non-hydrogen) atoms. The molecule has 4 heteroatoms. The molecule has 0 amide bonds. The van der Waals surface area contributed by atoms with Gasteiger partial charge in [-0.3, -0.25) is 4.79 Å². The van der Waals surface area contributed by atoms with Gasteiger partial charge in [-0.05, 0) is 87.9 Å². The van der Waals surface area contributed by atoms with E-state index >= 15 is 0 Å². The SMILES string of the molecule is C=C1c2ccccc2B2c3ccc(-c4cccc(-n5c6ccccc6c6cc7c8ccccc8n(-c8ccccc8)c7cc65)c4)cc3C(=O)c3cccc1c32. The second-order valence-electron chi connectivity index (χ2n) is 14.9. The first-order valence-corrected chi connectivity index (χ1v) is 18.9. The maximum absolute atomic E-state index is 14.4. The molecule has 0 saturated heterocycles. The van der Waals surface area contributed by atoms with E-state index in [9.17, 15) is 4.79 Å². The number of hydrogen-bond acceptors (Lipinski definition) is 1. The van der Waals surface area contributed by atoms with Crippen molar-refractivity contribution < 1.29 is 4.79 Å². The van der Waals surface area contributed by atoms with Crippen molar-refractivity contribution in [3.63, 3.8) is 0 Å². The summed E-state index contributed by atoms with van der Waals surface area (Å²) < 4.78 is 4.78. The third-order valence-electron chi connectivity index (χ3n) is 12.1. The van der Waals surface area contributed by atoms with E-state index in [-0.39, 0.29) is 12.5 Å². The van der Waals surface area contributed by atoms with E-state index in [1.165, 1.54) is 38.0 Å². The lowest BCUT2D eigenvalue weighted by Crippen LogP contribution is -2.62. The molecule has 0 saturated carbocycles. The summed E-state index contributed by atoms with van der Waals surface area (Å²) in [6.07, 6.45) is 0. The van der Waals surface area contributed by atoms with Crippen LogP contribution >= 0.6 is 0 Å². The summed E-state index contributed by atoms with van der Waals surface area (Å²) in [7, 11) is 0. The van der Waals surface area contributed by atoms with Crippen LogP contribution in [-0.4, -0.2) is 21.6 Å². The van der Waals surface area contributed by atoms with Gasteiger partial charge < -0.3 is 9.13 Å². The number of para-hydroxylation sites is 3. The second kappa shape index (κ2) is 11.2. The molecule has 2 aromatic heterocycles. The van der Waals surface area contributed by atoms with Gasteiger partial charge in [0, 0.05) is 44.0 Å². The predicted molar refractivity (Wildman–Crippen MR) is 230 cm³/mol. The van der Waals surface area contributed by atoms with Crippen molar-refractivity contribution in [3.05, 3.63) is 205 Å². The summed E-state index contributed by atoms with van der Waals surface area (Å²) in [5, 5.41) is 4.91. The minimum absolute atomic E-state index is 0.0121. The molecule has 0 aliphatic carbocycles. The summed E-state index contributed by atoms with van der Waals surface area (Å²) >= 11 is 0. The molecule has 0 fully saturated rings. The van der Waals surface area contributed by atoms with Gasteiger partial charge in [0.25, 0.3) is 0 Å². The molecular weight excluding hydrogens is 667 g/mol. The van der Waals surface area contributed by atoms with Crippen LogP contribution in [0.3, 0.4) is 0 Å². The Morgan fingerprint density at radius 1 is 0.400 bits per heavy atom. The van der Waals surface area contributed by atoms with Gasteiger partial charge in [-0.1, -0.05) is 139 Å². The highest BCUT2D eigenvalue weighted by Gasteiger charge is 2.41. The van der Waals surface area contributed by atoms with Crippen molar-refractivity contribution in [2.24, 2.45) is 0 Å². The maximum atomic E-state index is 14.4. The van der Waals surface area contributed by atoms with Gasteiger partial charge in [0.1, 0.15) is 0 Å². The molecule has 8 aromatic carbocycles.